The molecule has 0 spiro atoms. The molecule has 5 nitrogen and oxygen atoms in total. The molecule has 1 aliphatic rings. The van der Waals surface area contributed by atoms with Gasteiger partial charge in [-0.15, -0.1) is 0 Å². The molecule has 1 aliphatic heterocycles. The highest BCUT2D eigenvalue weighted by Crippen LogP contribution is 2.37. The number of esters is 1. The van der Waals surface area contributed by atoms with Crippen LogP contribution in [0.5, 0.6) is 0 Å². The van der Waals surface area contributed by atoms with Crippen LogP contribution in [0.2, 0.25) is 0 Å². The number of aryl methyl sites for hydroxylation is 1. The van der Waals surface area contributed by atoms with Gasteiger partial charge in [0.2, 0.25) is 5.91 Å². The summed E-state index contributed by atoms with van der Waals surface area (Å²) in [7, 11) is 1.43. The molecule has 0 aliphatic carbocycles. The highest BCUT2D eigenvalue weighted by molar-refractivity contribution is 7.80. The second-order valence-electron chi connectivity index (χ2n) is 6.49. The number of thiol groups is 1. The second-order valence-corrected chi connectivity index (χ2v) is 6.85. The van der Waals surface area contributed by atoms with Crippen LogP contribution in [0.1, 0.15) is 24.0 Å². The van der Waals surface area contributed by atoms with Crippen LogP contribution in [-0.4, -0.2) is 48.8 Å². The van der Waals surface area contributed by atoms with Crippen LogP contribution >= 0.6 is 12.6 Å². The number of rotatable bonds is 5. The molecule has 1 atom stereocenters. The van der Waals surface area contributed by atoms with Crippen molar-refractivity contribution in [2.75, 3.05) is 26.0 Å². The van der Waals surface area contributed by atoms with E-state index in [2.05, 4.69) is 12.6 Å². The molecule has 1 amide bonds. The number of ether oxygens (including phenoxy) is 1. The third kappa shape index (κ3) is 3.92. The van der Waals surface area contributed by atoms with Gasteiger partial charge >= 0.3 is 5.97 Å². The number of hydrogen-bond donors (Lipinski definition) is 2. The minimum Gasteiger partial charge on any atom is -0.469 e. The summed E-state index contributed by atoms with van der Waals surface area (Å²) in [5.41, 5.74) is 7.52. The monoisotopic (exact) mass is 350 g/mol. The fraction of sp³-hybridized carbons (Fsp3) is 0.556. The highest BCUT2D eigenvalue weighted by Gasteiger charge is 2.43. The summed E-state index contributed by atoms with van der Waals surface area (Å²) >= 11 is 4.09. The maximum absolute atomic E-state index is 12.5. The SMILES string of the molecule is COC(=O)C1(Cc2ccccc2C)CCN(C(=O)[C@@H](N)CS)CC1. The van der Waals surface area contributed by atoms with Crippen molar-refractivity contribution in [1.29, 1.82) is 0 Å². The van der Waals surface area contributed by atoms with Crippen molar-refractivity contribution in [3.8, 4) is 0 Å². The van der Waals surface area contributed by atoms with Crippen LogP contribution in [0.25, 0.3) is 0 Å². The Hall–Kier alpha value is -1.53. The number of methoxy groups -OCH3 is 1. The van der Waals surface area contributed by atoms with Gasteiger partial charge in [0.15, 0.2) is 0 Å². The third-order valence-corrected chi connectivity index (χ3v) is 5.35. The fourth-order valence-corrected chi connectivity index (χ4v) is 3.47. The van der Waals surface area contributed by atoms with E-state index in [0.29, 0.717) is 38.1 Å². The summed E-state index contributed by atoms with van der Waals surface area (Å²) < 4.78 is 5.09. The van der Waals surface area contributed by atoms with Gasteiger partial charge in [-0.25, -0.2) is 0 Å². The lowest BCUT2D eigenvalue weighted by Gasteiger charge is -2.40. The number of piperidine rings is 1. The van der Waals surface area contributed by atoms with E-state index in [-0.39, 0.29) is 11.9 Å². The lowest BCUT2D eigenvalue weighted by Crippen LogP contribution is -2.52. The van der Waals surface area contributed by atoms with Gasteiger partial charge in [0, 0.05) is 18.8 Å². The number of nitrogens with two attached hydrogens (primary N) is 1. The van der Waals surface area contributed by atoms with Gasteiger partial charge in [-0.1, -0.05) is 24.3 Å². The predicted molar refractivity (Wildman–Crippen MR) is 97.0 cm³/mol. The van der Waals surface area contributed by atoms with Crippen molar-refractivity contribution in [2.45, 2.75) is 32.2 Å². The number of amides is 1. The van der Waals surface area contributed by atoms with E-state index in [1.165, 1.54) is 7.11 Å². The zero-order valence-corrected chi connectivity index (χ0v) is 15.2. The molecular weight excluding hydrogens is 324 g/mol. The molecule has 2 N–H and O–H groups in total. The molecule has 0 radical (unpaired) electrons. The summed E-state index contributed by atoms with van der Waals surface area (Å²) in [5.74, 6) is 0.0245. The van der Waals surface area contributed by atoms with Crippen LogP contribution in [0, 0.1) is 12.3 Å². The Morgan fingerprint density at radius 2 is 1.96 bits per heavy atom. The number of benzene rings is 1. The molecule has 6 heteroatoms. The van der Waals surface area contributed by atoms with E-state index in [4.69, 9.17) is 10.5 Å². The van der Waals surface area contributed by atoms with Crippen LogP contribution < -0.4 is 5.73 Å². The predicted octanol–water partition coefficient (Wildman–Crippen LogP) is 1.58. The molecule has 1 fully saturated rings. The van der Waals surface area contributed by atoms with Crippen LogP contribution in [-0.2, 0) is 20.7 Å². The number of nitrogens with zero attached hydrogens (tertiary/aromatic N) is 1. The number of likely N-dealkylation sites (tertiary alicyclic amines) is 1. The Kier molecular flexibility index (Phi) is 6.29. The van der Waals surface area contributed by atoms with Crippen LogP contribution in [0.3, 0.4) is 0 Å². The zero-order valence-electron chi connectivity index (χ0n) is 14.3. The molecule has 0 unspecified atom stereocenters. The summed E-state index contributed by atoms with van der Waals surface area (Å²) in [6, 6.07) is 7.48. The summed E-state index contributed by atoms with van der Waals surface area (Å²) in [6.45, 7) is 3.08. The van der Waals surface area contributed by atoms with Gasteiger partial charge in [-0.05, 0) is 37.3 Å². The first-order chi connectivity index (χ1) is 11.4. The van der Waals surface area contributed by atoms with Crippen molar-refractivity contribution in [3.05, 3.63) is 35.4 Å². The topological polar surface area (TPSA) is 72.6 Å². The number of carbonyl (C=O) groups excluding carboxylic acids is 2. The van der Waals surface area contributed by atoms with Crippen molar-refractivity contribution in [2.24, 2.45) is 11.1 Å². The van der Waals surface area contributed by atoms with E-state index in [0.717, 1.165) is 11.1 Å². The Labute approximate surface area is 148 Å². The summed E-state index contributed by atoms with van der Waals surface area (Å²) in [5, 5.41) is 0. The molecule has 1 aromatic carbocycles. The van der Waals surface area contributed by atoms with E-state index < -0.39 is 11.5 Å². The summed E-state index contributed by atoms with van der Waals surface area (Å²) in [6.07, 6.45) is 1.80. The minimum absolute atomic E-state index is 0.0978. The Balaban J connectivity index is 2.16. The molecule has 1 heterocycles. The molecule has 0 bridgehead atoms. The molecule has 1 aromatic rings. The molecule has 132 valence electrons. The first-order valence-electron chi connectivity index (χ1n) is 8.21. The standard InChI is InChI=1S/C18H26N2O3S/c1-13-5-3-4-6-14(13)11-18(17(22)23-2)7-9-20(10-8-18)16(21)15(19)12-24/h3-6,15,24H,7-12,19H2,1-2H3/t15-/m0/s1. The van der Waals surface area contributed by atoms with Gasteiger partial charge in [0.05, 0.1) is 18.6 Å². The lowest BCUT2D eigenvalue weighted by molar-refractivity contribution is -0.158. The Morgan fingerprint density at radius 3 is 2.50 bits per heavy atom. The lowest BCUT2D eigenvalue weighted by atomic mass is 9.73. The molecule has 2 rings (SSSR count). The fourth-order valence-electron chi connectivity index (χ4n) is 3.31. The third-order valence-electron chi connectivity index (χ3n) is 4.95. The quantitative estimate of drug-likeness (QED) is 0.625. The van der Waals surface area contributed by atoms with E-state index in [1.807, 2.05) is 31.2 Å². The molecule has 0 saturated carbocycles. The van der Waals surface area contributed by atoms with Crippen molar-refractivity contribution in [1.82, 2.24) is 4.90 Å². The Bertz CT molecular complexity index is 598. The normalized spacial score (nSPS) is 18.1. The molecule has 0 aromatic heterocycles. The van der Waals surface area contributed by atoms with Crippen molar-refractivity contribution in [3.63, 3.8) is 0 Å². The van der Waals surface area contributed by atoms with Gasteiger partial charge in [-0.3, -0.25) is 9.59 Å². The van der Waals surface area contributed by atoms with Crippen LogP contribution in [0.4, 0.5) is 0 Å². The Morgan fingerprint density at radius 1 is 1.33 bits per heavy atom. The van der Waals surface area contributed by atoms with Crippen molar-refractivity contribution < 1.29 is 14.3 Å². The molecule has 1 saturated heterocycles. The first kappa shape index (κ1) is 18.8. The maximum atomic E-state index is 12.5. The first-order valence-corrected chi connectivity index (χ1v) is 8.85. The van der Waals surface area contributed by atoms with Crippen LogP contribution in [0.15, 0.2) is 24.3 Å². The minimum atomic E-state index is -0.588. The van der Waals surface area contributed by atoms with E-state index in [9.17, 15) is 9.59 Å². The second kappa shape index (κ2) is 8.03. The van der Waals surface area contributed by atoms with E-state index >= 15 is 0 Å². The average molecular weight is 350 g/mol. The van der Waals surface area contributed by atoms with E-state index in [1.54, 1.807) is 4.90 Å². The summed E-state index contributed by atoms with van der Waals surface area (Å²) in [4.78, 5) is 26.5. The van der Waals surface area contributed by atoms with Gasteiger partial charge < -0.3 is 15.4 Å². The van der Waals surface area contributed by atoms with Gasteiger partial charge in [0.1, 0.15) is 0 Å². The van der Waals surface area contributed by atoms with Gasteiger partial charge in [0.25, 0.3) is 0 Å². The largest absolute Gasteiger partial charge is 0.469 e. The van der Waals surface area contributed by atoms with Gasteiger partial charge in [-0.2, -0.15) is 12.6 Å². The number of hydrogen-bond acceptors (Lipinski definition) is 5. The smallest absolute Gasteiger partial charge is 0.312 e. The zero-order chi connectivity index (χ0) is 17.7. The van der Waals surface area contributed by atoms with Crippen molar-refractivity contribution >= 4 is 24.5 Å². The maximum Gasteiger partial charge on any atom is 0.312 e. The average Bonchev–Trinajstić information content (AvgIpc) is 2.62. The highest BCUT2D eigenvalue weighted by atomic mass is 32.1. The molecule has 24 heavy (non-hydrogen) atoms. The number of carbonyl (C=O) groups is 2. The molecular formula is C18H26N2O3S.